The molecule has 3 aromatic rings. The van der Waals surface area contributed by atoms with Crippen molar-refractivity contribution in [3.63, 3.8) is 0 Å². The smallest absolute Gasteiger partial charge is 0.237 e. The Morgan fingerprint density at radius 2 is 2.28 bits per heavy atom. The second kappa shape index (κ2) is 4.03. The van der Waals surface area contributed by atoms with E-state index in [1.165, 1.54) is 10.8 Å². The van der Waals surface area contributed by atoms with Crippen molar-refractivity contribution < 1.29 is 4.79 Å². The second-order valence-corrected chi connectivity index (χ2v) is 4.13. The monoisotopic (exact) mass is 240 g/mol. The Hall–Kier alpha value is -2.56. The Balaban J connectivity index is 1.88. The molecule has 0 atom stereocenters. The number of aromatic nitrogens is 3. The zero-order chi connectivity index (χ0) is 12.5. The van der Waals surface area contributed by atoms with Crippen molar-refractivity contribution in [2.45, 2.75) is 6.42 Å². The number of imidazole rings is 1. The lowest BCUT2D eigenvalue weighted by Crippen LogP contribution is -2.15. The summed E-state index contributed by atoms with van der Waals surface area (Å²) in [5.41, 5.74) is 7.62. The maximum Gasteiger partial charge on any atom is 0.237 e. The van der Waals surface area contributed by atoms with E-state index < -0.39 is 0 Å². The molecule has 18 heavy (non-hydrogen) atoms. The van der Waals surface area contributed by atoms with Crippen LogP contribution in [-0.4, -0.2) is 20.4 Å². The van der Waals surface area contributed by atoms with Crippen molar-refractivity contribution in [3.8, 4) is 0 Å². The summed E-state index contributed by atoms with van der Waals surface area (Å²) in [6, 6.07) is 7.88. The van der Waals surface area contributed by atoms with Gasteiger partial charge in [0, 0.05) is 24.1 Å². The molecule has 0 saturated carbocycles. The van der Waals surface area contributed by atoms with Crippen molar-refractivity contribution in [2.24, 2.45) is 0 Å². The minimum absolute atomic E-state index is 0.0834. The predicted octanol–water partition coefficient (Wildman–Crippen LogP) is 1.83. The number of rotatable bonds is 2. The fourth-order valence-corrected chi connectivity index (χ4v) is 2.00. The lowest BCUT2D eigenvalue weighted by Gasteiger charge is -2.03. The summed E-state index contributed by atoms with van der Waals surface area (Å²) in [6.45, 7) is 0. The highest BCUT2D eigenvalue weighted by atomic mass is 16.2. The highest BCUT2D eigenvalue weighted by Crippen LogP contribution is 2.15. The quantitative estimate of drug-likeness (QED) is 0.717. The first-order valence-corrected chi connectivity index (χ1v) is 5.62. The van der Waals surface area contributed by atoms with E-state index in [1.54, 1.807) is 6.20 Å². The number of nitrogens with two attached hydrogens (primary N) is 1. The van der Waals surface area contributed by atoms with E-state index >= 15 is 0 Å². The van der Waals surface area contributed by atoms with Gasteiger partial charge in [-0.2, -0.15) is 0 Å². The van der Waals surface area contributed by atoms with Crippen LogP contribution < -0.4 is 5.73 Å². The number of aromatic amines is 1. The molecule has 0 aliphatic carbocycles. The van der Waals surface area contributed by atoms with Gasteiger partial charge >= 0.3 is 0 Å². The fourth-order valence-electron chi connectivity index (χ4n) is 2.00. The molecule has 5 heteroatoms. The van der Waals surface area contributed by atoms with E-state index in [2.05, 4.69) is 9.97 Å². The van der Waals surface area contributed by atoms with Gasteiger partial charge < -0.3 is 10.7 Å². The molecule has 2 aromatic heterocycles. The first kappa shape index (κ1) is 10.6. The van der Waals surface area contributed by atoms with Crippen LogP contribution in [0.4, 0.5) is 5.95 Å². The molecular weight excluding hydrogens is 228 g/mol. The minimum Gasteiger partial charge on any atom is -0.369 e. The van der Waals surface area contributed by atoms with E-state index in [9.17, 15) is 4.79 Å². The number of benzene rings is 1. The lowest BCUT2D eigenvalue weighted by atomic mass is 10.1. The highest BCUT2D eigenvalue weighted by molar-refractivity contribution is 5.86. The maximum absolute atomic E-state index is 12.0. The van der Waals surface area contributed by atoms with Crippen molar-refractivity contribution in [3.05, 3.63) is 48.4 Å². The van der Waals surface area contributed by atoms with Crippen LogP contribution in [0, 0.1) is 0 Å². The number of H-pyrrole nitrogens is 1. The third-order valence-electron chi connectivity index (χ3n) is 2.91. The molecule has 1 aromatic carbocycles. The average molecular weight is 240 g/mol. The Labute approximate surface area is 103 Å². The number of hydrogen-bond donors (Lipinski definition) is 2. The number of fused-ring (bicyclic) bond motifs is 1. The van der Waals surface area contributed by atoms with E-state index in [0.717, 1.165) is 16.5 Å². The Morgan fingerprint density at radius 3 is 3.06 bits per heavy atom. The molecule has 0 spiro atoms. The standard InChI is InChI=1S/C13H12N4O/c14-13-16-5-6-17(13)12(18)8-9-1-2-11-10(7-9)3-4-15-11/h1-7,15H,8H2,(H2,14,16). The Kier molecular flexibility index (Phi) is 2.37. The normalized spacial score (nSPS) is 10.9. The summed E-state index contributed by atoms with van der Waals surface area (Å²) in [5, 5.41) is 1.10. The number of hydrogen-bond acceptors (Lipinski definition) is 3. The number of nitrogens with one attached hydrogen (secondary N) is 1. The van der Waals surface area contributed by atoms with Gasteiger partial charge in [-0.05, 0) is 29.1 Å². The van der Waals surface area contributed by atoms with Crippen molar-refractivity contribution in [1.29, 1.82) is 0 Å². The molecular formula is C13H12N4O. The number of anilines is 1. The molecule has 0 radical (unpaired) electrons. The summed E-state index contributed by atoms with van der Waals surface area (Å²) < 4.78 is 1.36. The summed E-state index contributed by atoms with van der Waals surface area (Å²) in [5.74, 6) is 0.141. The van der Waals surface area contributed by atoms with Gasteiger partial charge in [0.2, 0.25) is 11.9 Å². The number of carbonyl (C=O) groups is 1. The van der Waals surface area contributed by atoms with Crippen LogP contribution in [0.5, 0.6) is 0 Å². The van der Waals surface area contributed by atoms with E-state index in [1.807, 2.05) is 30.5 Å². The Morgan fingerprint density at radius 1 is 1.39 bits per heavy atom. The van der Waals surface area contributed by atoms with Crippen molar-refractivity contribution in [1.82, 2.24) is 14.5 Å². The third kappa shape index (κ3) is 1.75. The van der Waals surface area contributed by atoms with Crippen LogP contribution >= 0.6 is 0 Å². The van der Waals surface area contributed by atoms with Crippen LogP contribution in [0.3, 0.4) is 0 Å². The first-order chi connectivity index (χ1) is 8.74. The van der Waals surface area contributed by atoms with E-state index in [4.69, 9.17) is 5.73 Å². The molecule has 2 heterocycles. The largest absolute Gasteiger partial charge is 0.369 e. The van der Waals surface area contributed by atoms with Crippen molar-refractivity contribution >= 4 is 22.8 Å². The molecule has 0 amide bonds. The Bertz CT molecular complexity index is 710. The third-order valence-corrected chi connectivity index (χ3v) is 2.91. The van der Waals surface area contributed by atoms with Crippen LogP contribution in [0.25, 0.3) is 10.9 Å². The molecule has 0 unspecified atom stereocenters. The molecule has 3 rings (SSSR count). The zero-order valence-corrected chi connectivity index (χ0v) is 9.63. The summed E-state index contributed by atoms with van der Waals surface area (Å²) in [4.78, 5) is 19.0. The molecule has 3 N–H and O–H groups in total. The summed E-state index contributed by atoms with van der Waals surface area (Å²) in [6.07, 6.45) is 5.28. The molecule has 0 aliphatic rings. The fraction of sp³-hybridized carbons (Fsp3) is 0.0769. The second-order valence-electron chi connectivity index (χ2n) is 4.13. The van der Waals surface area contributed by atoms with Gasteiger partial charge in [-0.1, -0.05) is 6.07 Å². The van der Waals surface area contributed by atoms with Crippen LogP contribution in [0.1, 0.15) is 10.4 Å². The summed E-state index contributed by atoms with van der Waals surface area (Å²) in [7, 11) is 0. The minimum atomic E-state index is -0.0834. The molecule has 0 bridgehead atoms. The molecule has 0 saturated heterocycles. The SMILES string of the molecule is Nc1nccn1C(=O)Cc1ccc2[nH]ccc2c1. The number of nitrogen functional groups attached to an aromatic ring is 1. The molecule has 90 valence electrons. The van der Waals surface area contributed by atoms with Gasteiger partial charge in [0.25, 0.3) is 0 Å². The zero-order valence-electron chi connectivity index (χ0n) is 9.63. The van der Waals surface area contributed by atoms with Gasteiger partial charge in [0.05, 0.1) is 6.42 Å². The summed E-state index contributed by atoms with van der Waals surface area (Å²) >= 11 is 0. The van der Waals surface area contributed by atoms with E-state index in [-0.39, 0.29) is 11.9 Å². The van der Waals surface area contributed by atoms with Gasteiger partial charge in [0.1, 0.15) is 0 Å². The predicted molar refractivity (Wildman–Crippen MR) is 69.3 cm³/mol. The van der Waals surface area contributed by atoms with E-state index in [0.29, 0.717) is 6.42 Å². The van der Waals surface area contributed by atoms with Crippen LogP contribution in [0.15, 0.2) is 42.9 Å². The number of nitrogens with zero attached hydrogens (tertiary/aromatic N) is 2. The first-order valence-electron chi connectivity index (χ1n) is 5.62. The lowest BCUT2D eigenvalue weighted by molar-refractivity contribution is 0.0917. The average Bonchev–Trinajstić information content (AvgIpc) is 2.96. The van der Waals surface area contributed by atoms with Gasteiger partial charge in [-0.3, -0.25) is 9.36 Å². The van der Waals surface area contributed by atoms with Gasteiger partial charge in [-0.15, -0.1) is 0 Å². The molecule has 5 nitrogen and oxygen atoms in total. The number of carbonyl (C=O) groups excluding carboxylic acids is 1. The van der Waals surface area contributed by atoms with Crippen LogP contribution in [0.2, 0.25) is 0 Å². The van der Waals surface area contributed by atoms with Gasteiger partial charge in [0.15, 0.2) is 0 Å². The van der Waals surface area contributed by atoms with Crippen molar-refractivity contribution in [2.75, 3.05) is 5.73 Å². The van der Waals surface area contributed by atoms with Crippen LogP contribution in [-0.2, 0) is 6.42 Å². The molecule has 0 aliphatic heterocycles. The highest BCUT2D eigenvalue weighted by Gasteiger charge is 2.09. The van der Waals surface area contributed by atoms with Gasteiger partial charge in [-0.25, -0.2) is 4.98 Å². The topological polar surface area (TPSA) is 76.7 Å². The maximum atomic E-state index is 12.0. The molecule has 0 fully saturated rings.